The van der Waals surface area contributed by atoms with Gasteiger partial charge in [0, 0.05) is 31.6 Å². The van der Waals surface area contributed by atoms with E-state index in [1.165, 1.54) is 32.0 Å². The molecule has 9 nitrogen and oxygen atoms in total. The van der Waals surface area contributed by atoms with Crippen LogP contribution in [0.3, 0.4) is 0 Å². The van der Waals surface area contributed by atoms with Crippen LogP contribution < -0.4 is 5.32 Å². The highest BCUT2D eigenvalue weighted by molar-refractivity contribution is 5.92. The van der Waals surface area contributed by atoms with Crippen LogP contribution in [0.4, 0.5) is 4.79 Å². The summed E-state index contributed by atoms with van der Waals surface area (Å²) < 4.78 is 0. The first-order valence-electron chi connectivity index (χ1n) is 11.0. The second-order valence-corrected chi connectivity index (χ2v) is 10.1. The van der Waals surface area contributed by atoms with Crippen LogP contribution >= 0.6 is 0 Å². The molecule has 0 saturated heterocycles. The van der Waals surface area contributed by atoms with Crippen LogP contribution in [0.5, 0.6) is 0 Å². The number of carboxylic acid groups (broad SMARTS) is 2. The molecule has 34 heavy (non-hydrogen) atoms. The van der Waals surface area contributed by atoms with Crippen LogP contribution in [0, 0.1) is 5.41 Å². The fourth-order valence-electron chi connectivity index (χ4n) is 3.67. The molecule has 1 aromatic carbocycles. The normalized spacial score (nSPS) is 14.1. The van der Waals surface area contributed by atoms with Gasteiger partial charge < -0.3 is 20.4 Å². The van der Waals surface area contributed by atoms with Gasteiger partial charge in [0.2, 0.25) is 11.8 Å². The van der Waals surface area contributed by atoms with Gasteiger partial charge in [-0.1, -0.05) is 71.0 Å². The first-order chi connectivity index (χ1) is 15.5. The Labute approximate surface area is 201 Å². The number of nitrogens with zero attached hydrogens (tertiary/aromatic N) is 2. The molecule has 1 aromatic rings. The summed E-state index contributed by atoms with van der Waals surface area (Å²) in [5, 5.41) is 21.5. The molecular weight excluding hydrogens is 438 g/mol. The number of likely N-dealkylation sites (N-methyl/N-ethyl adjacent to an activating group) is 2. The Kier molecular flexibility index (Phi) is 9.43. The lowest BCUT2D eigenvalue weighted by molar-refractivity contribution is -0.140. The van der Waals surface area contributed by atoms with E-state index in [1.807, 2.05) is 30.3 Å². The molecule has 1 rings (SSSR count). The van der Waals surface area contributed by atoms with E-state index in [-0.39, 0.29) is 12.1 Å². The maximum Gasteiger partial charge on any atom is 0.407 e. The molecular formula is C25H37N3O6. The number of hydrogen-bond acceptors (Lipinski definition) is 4. The molecule has 0 aliphatic heterocycles. The first kappa shape index (κ1) is 28.7. The van der Waals surface area contributed by atoms with Crippen molar-refractivity contribution in [3.8, 4) is 0 Å². The number of carbonyl (C=O) groups is 4. The Balaban J connectivity index is 3.32. The third-order valence-electron chi connectivity index (χ3n) is 5.92. The van der Waals surface area contributed by atoms with E-state index >= 15 is 0 Å². The van der Waals surface area contributed by atoms with E-state index in [0.717, 1.165) is 10.5 Å². The molecule has 0 heterocycles. The third-order valence-corrected chi connectivity index (χ3v) is 5.92. The molecule has 0 radical (unpaired) electrons. The number of carbonyl (C=O) groups excluding carboxylic acids is 2. The topological polar surface area (TPSA) is 127 Å². The smallest absolute Gasteiger partial charge is 0.407 e. The summed E-state index contributed by atoms with van der Waals surface area (Å²) in [7, 11) is 2.85. The first-order valence-corrected chi connectivity index (χ1v) is 11.0. The molecule has 0 saturated carbocycles. The molecule has 188 valence electrons. The van der Waals surface area contributed by atoms with E-state index in [2.05, 4.69) is 5.32 Å². The predicted molar refractivity (Wildman–Crippen MR) is 129 cm³/mol. The standard InChI is InChI=1S/C25H37N3O6/c1-16(22(31)32)14-15-27(7)21(30)18(24(2,3)4)26-20(29)19(28(8)23(33)34)25(5,6)17-12-10-9-11-13-17/h9-14,18-19H,15H2,1-8H3,(H,26,29)(H,31,32)(H,33,34)/b16-14+. The molecule has 0 aliphatic rings. The Morgan fingerprint density at radius 1 is 1.00 bits per heavy atom. The fraction of sp³-hybridized carbons (Fsp3) is 0.520. The average molecular weight is 476 g/mol. The monoisotopic (exact) mass is 475 g/mol. The number of benzene rings is 1. The lowest BCUT2D eigenvalue weighted by Crippen LogP contribution is -2.62. The quantitative estimate of drug-likeness (QED) is 0.471. The van der Waals surface area contributed by atoms with Crippen LogP contribution in [0.2, 0.25) is 0 Å². The van der Waals surface area contributed by atoms with Crippen molar-refractivity contribution in [3.05, 3.63) is 47.5 Å². The second kappa shape index (κ2) is 11.2. The maximum absolute atomic E-state index is 13.6. The number of hydrogen-bond donors (Lipinski definition) is 3. The summed E-state index contributed by atoms with van der Waals surface area (Å²) in [4.78, 5) is 52.0. The Hall–Kier alpha value is -3.36. The maximum atomic E-state index is 13.6. The van der Waals surface area contributed by atoms with Crippen molar-refractivity contribution in [1.82, 2.24) is 15.1 Å². The molecule has 0 fully saturated rings. The molecule has 0 aromatic heterocycles. The van der Waals surface area contributed by atoms with Gasteiger partial charge in [-0.3, -0.25) is 14.5 Å². The molecule has 9 heteroatoms. The fourth-order valence-corrected chi connectivity index (χ4v) is 3.67. The number of aliphatic carboxylic acids is 1. The highest BCUT2D eigenvalue weighted by atomic mass is 16.4. The summed E-state index contributed by atoms with van der Waals surface area (Å²) in [6.45, 7) is 10.4. The van der Waals surface area contributed by atoms with Crippen molar-refractivity contribution in [2.75, 3.05) is 20.6 Å². The minimum absolute atomic E-state index is 0.0490. The summed E-state index contributed by atoms with van der Waals surface area (Å²) in [6.07, 6.45) is 0.149. The largest absolute Gasteiger partial charge is 0.478 e. The lowest BCUT2D eigenvalue weighted by Gasteiger charge is -2.40. The highest BCUT2D eigenvalue weighted by Gasteiger charge is 2.44. The van der Waals surface area contributed by atoms with Crippen molar-refractivity contribution >= 4 is 23.9 Å². The molecule has 2 unspecified atom stereocenters. The van der Waals surface area contributed by atoms with Gasteiger partial charge >= 0.3 is 12.1 Å². The number of nitrogens with one attached hydrogen (secondary N) is 1. The van der Waals surface area contributed by atoms with Gasteiger partial charge in [-0.2, -0.15) is 0 Å². The highest BCUT2D eigenvalue weighted by Crippen LogP contribution is 2.31. The van der Waals surface area contributed by atoms with Crippen LogP contribution in [0.1, 0.15) is 47.1 Å². The van der Waals surface area contributed by atoms with Crippen molar-refractivity contribution < 1.29 is 29.4 Å². The van der Waals surface area contributed by atoms with Crippen LogP contribution in [0.15, 0.2) is 42.0 Å². The van der Waals surface area contributed by atoms with E-state index in [9.17, 15) is 24.3 Å². The number of rotatable bonds is 9. The van der Waals surface area contributed by atoms with Gasteiger partial charge in [0.15, 0.2) is 0 Å². The molecule has 0 aliphatic carbocycles. The van der Waals surface area contributed by atoms with Gasteiger partial charge in [0.05, 0.1) is 0 Å². The van der Waals surface area contributed by atoms with Gasteiger partial charge in [-0.15, -0.1) is 0 Å². The number of carboxylic acids is 1. The Morgan fingerprint density at radius 2 is 1.53 bits per heavy atom. The number of amides is 3. The average Bonchev–Trinajstić information content (AvgIpc) is 2.74. The molecule has 3 amide bonds. The zero-order valence-corrected chi connectivity index (χ0v) is 21.2. The van der Waals surface area contributed by atoms with Crippen molar-refractivity contribution in [2.45, 2.75) is 59.0 Å². The third kappa shape index (κ3) is 7.07. The van der Waals surface area contributed by atoms with Crippen LogP contribution in [-0.2, 0) is 19.8 Å². The minimum Gasteiger partial charge on any atom is -0.478 e. The van der Waals surface area contributed by atoms with E-state index in [4.69, 9.17) is 5.11 Å². The van der Waals surface area contributed by atoms with E-state index < -0.39 is 46.8 Å². The zero-order valence-electron chi connectivity index (χ0n) is 21.2. The second-order valence-electron chi connectivity index (χ2n) is 10.1. The Morgan fingerprint density at radius 3 is 1.97 bits per heavy atom. The van der Waals surface area contributed by atoms with Crippen LogP contribution in [-0.4, -0.2) is 76.6 Å². The summed E-state index contributed by atoms with van der Waals surface area (Å²) >= 11 is 0. The minimum atomic E-state index is -1.27. The van der Waals surface area contributed by atoms with Gasteiger partial charge in [-0.25, -0.2) is 9.59 Å². The van der Waals surface area contributed by atoms with Gasteiger partial charge in [0.1, 0.15) is 12.1 Å². The molecule has 3 N–H and O–H groups in total. The van der Waals surface area contributed by atoms with E-state index in [1.54, 1.807) is 34.6 Å². The SMILES string of the molecule is C/C(=C\CN(C)C(=O)C(NC(=O)C(N(C)C(=O)O)C(C)(C)c1ccccc1)C(C)(C)C)C(=O)O. The molecule has 2 atom stereocenters. The van der Waals surface area contributed by atoms with Crippen molar-refractivity contribution in [2.24, 2.45) is 5.41 Å². The molecule has 0 bridgehead atoms. The zero-order chi connectivity index (χ0) is 26.4. The summed E-state index contributed by atoms with van der Waals surface area (Å²) in [5.74, 6) is -2.09. The van der Waals surface area contributed by atoms with Gasteiger partial charge in [0.25, 0.3) is 0 Å². The van der Waals surface area contributed by atoms with Crippen molar-refractivity contribution in [1.29, 1.82) is 0 Å². The predicted octanol–water partition coefficient (Wildman–Crippen LogP) is 2.96. The lowest BCUT2D eigenvalue weighted by atomic mass is 9.76. The van der Waals surface area contributed by atoms with Gasteiger partial charge in [-0.05, 0) is 17.9 Å². The molecule has 0 spiro atoms. The van der Waals surface area contributed by atoms with Crippen molar-refractivity contribution in [3.63, 3.8) is 0 Å². The van der Waals surface area contributed by atoms with Crippen LogP contribution in [0.25, 0.3) is 0 Å². The Bertz CT molecular complexity index is 934. The summed E-state index contributed by atoms with van der Waals surface area (Å²) in [5.41, 5.74) is -0.732. The van der Waals surface area contributed by atoms with E-state index in [0.29, 0.717) is 0 Å². The summed E-state index contributed by atoms with van der Waals surface area (Å²) in [6, 6.07) is 7.02.